The van der Waals surface area contributed by atoms with Gasteiger partial charge in [-0.1, -0.05) is 17.7 Å². The molecule has 1 rings (SSSR count). The fraction of sp³-hybridized carbons (Fsp3) is 0.385. The Morgan fingerprint density at radius 3 is 2.82 bits per heavy atom. The molecule has 0 aliphatic carbocycles. The van der Waals surface area contributed by atoms with E-state index in [9.17, 15) is 9.59 Å². The summed E-state index contributed by atoms with van der Waals surface area (Å²) in [6.07, 6.45) is 2.96. The van der Waals surface area contributed by atoms with Crippen LogP contribution < -0.4 is 0 Å². The molecule has 0 N–H and O–H groups in total. The van der Waals surface area contributed by atoms with E-state index in [1.165, 1.54) is 6.92 Å². The fourth-order valence-electron chi connectivity index (χ4n) is 1.52. The molecule has 0 bridgehead atoms. The summed E-state index contributed by atoms with van der Waals surface area (Å²) in [6.45, 7) is 1.63. The van der Waals surface area contributed by atoms with E-state index in [1.807, 2.05) is 12.1 Å². The van der Waals surface area contributed by atoms with Crippen LogP contribution in [0.5, 0.6) is 0 Å². The summed E-state index contributed by atoms with van der Waals surface area (Å²) in [4.78, 5) is 21.0. The second kappa shape index (κ2) is 7.07. The van der Waals surface area contributed by atoms with E-state index in [4.69, 9.17) is 16.3 Å². The molecular formula is C13H15ClO3. The highest BCUT2D eigenvalue weighted by Gasteiger charge is 2.05. The molecule has 17 heavy (non-hydrogen) atoms. The molecule has 0 aromatic heterocycles. The number of halogens is 1. The number of rotatable bonds is 6. The lowest BCUT2D eigenvalue weighted by molar-refractivity contribution is -0.142. The summed E-state index contributed by atoms with van der Waals surface area (Å²) in [6, 6.07) is 5.47. The monoisotopic (exact) mass is 254 g/mol. The molecule has 0 fully saturated rings. The first-order valence-corrected chi connectivity index (χ1v) is 5.85. The number of benzene rings is 1. The van der Waals surface area contributed by atoms with Crippen molar-refractivity contribution in [2.45, 2.75) is 32.8 Å². The molecule has 92 valence electrons. The minimum Gasteiger partial charge on any atom is -0.461 e. The van der Waals surface area contributed by atoms with Crippen LogP contribution in [0.1, 0.15) is 30.9 Å². The van der Waals surface area contributed by atoms with Gasteiger partial charge >= 0.3 is 5.97 Å². The van der Waals surface area contributed by atoms with E-state index in [2.05, 4.69) is 0 Å². The Balaban J connectivity index is 2.72. The molecule has 0 radical (unpaired) electrons. The molecule has 1 aromatic rings. The molecule has 0 saturated heterocycles. The van der Waals surface area contributed by atoms with Crippen LogP contribution in [0, 0.1) is 0 Å². The van der Waals surface area contributed by atoms with E-state index >= 15 is 0 Å². The third-order valence-electron chi connectivity index (χ3n) is 2.37. The van der Waals surface area contributed by atoms with Crippen LogP contribution in [0.3, 0.4) is 0 Å². The lowest BCUT2D eigenvalue weighted by Gasteiger charge is -2.09. The van der Waals surface area contributed by atoms with Gasteiger partial charge in [0.05, 0.1) is 0 Å². The van der Waals surface area contributed by atoms with Crippen LogP contribution >= 0.6 is 11.6 Å². The summed E-state index contributed by atoms with van der Waals surface area (Å²) in [7, 11) is 0. The molecule has 0 heterocycles. The summed E-state index contributed by atoms with van der Waals surface area (Å²) in [5.74, 6) is -0.307. The highest BCUT2D eigenvalue weighted by molar-refractivity contribution is 6.30. The Labute approximate surface area is 106 Å². The molecule has 0 aliphatic rings. The van der Waals surface area contributed by atoms with Gasteiger partial charge in [0.25, 0.3) is 0 Å². The third-order valence-corrected chi connectivity index (χ3v) is 2.60. The minimum atomic E-state index is -0.307. The number of hydrogen-bond acceptors (Lipinski definition) is 3. The van der Waals surface area contributed by atoms with Gasteiger partial charge in [-0.25, -0.2) is 0 Å². The van der Waals surface area contributed by atoms with Crippen LogP contribution in [0.2, 0.25) is 5.02 Å². The molecule has 0 unspecified atom stereocenters. The van der Waals surface area contributed by atoms with Crippen LogP contribution in [0.4, 0.5) is 0 Å². The number of carbonyl (C=O) groups excluding carboxylic acids is 2. The number of ether oxygens (including phenoxy) is 1. The first kappa shape index (κ1) is 13.7. The summed E-state index contributed by atoms with van der Waals surface area (Å²) >= 11 is 5.92. The Morgan fingerprint density at radius 2 is 2.18 bits per heavy atom. The van der Waals surface area contributed by atoms with E-state index in [1.54, 1.807) is 6.07 Å². The Kier molecular flexibility index (Phi) is 5.70. The third kappa shape index (κ3) is 5.00. The zero-order chi connectivity index (χ0) is 12.7. The van der Waals surface area contributed by atoms with Crippen molar-refractivity contribution in [1.29, 1.82) is 0 Å². The molecule has 4 heteroatoms. The number of carbonyl (C=O) groups is 2. The van der Waals surface area contributed by atoms with Crippen LogP contribution in [0.15, 0.2) is 18.2 Å². The van der Waals surface area contributed by atoms with Gasteiger partial charge in [0, 0.05) is 18.4 Å². The van der Waals surface area contributed by atoms with Gasteiger partial charge in [-0.15, -0.1) is 0 Å². The Bertz CT molecular complexity index is 402. The number of hydrogen-bond donors (Lipinski definition) is 0. The summed E-state index contributed by atoms with van der Waals surface area (Å²) in [5.41, 5.74) is 1.97. The number of aldehydes is 1. The molecule has 0 saturated carbocycles. The molecule has 0 aliphatic heterocycles. The largest absolute Gasteiger partial charge is 0.461 e. The van der Waals surface area contributed by atoms with E-state index < -0.39 is 0 Å². The molecule has 0 amide bonds. The van der Waals surface area contributed by atoms with Gasteiger partial charge in [0.2, 0.25) is 0 Å². The maximum Gasteiger partial charge on any atom is 0.302 e. The highest BCUT2D eigenvalue weighted by Crippen LogP contribution is 2.19. The summed E-state index contributed by atoms with van der Waals surface area (Å²) < 4.78 is 4.96. The fourth-order valence-corrected chi connectivity index (χ4v) is 1.72. The molecule has 1 aromatic carbocycles. The summed E-state index contributed by atoms with van der Waals surface area (Å²) in [5, 5.41) is 0.651. The van der Waals surface area contributed by atoms with E-state index in [-0.39, 0.29) is 12.6 Å². The predicted octanol–water partition coefficient (Wildman–Crippen LogP) is 2.92. The van der Waals surface area contributed by atoms with Crippen LogP contribution in [-0.4, -0.2) is 12.3 Å². The second-order valence-corrected chi connectivity index (χ2v) is 4.19. The predicted molar refractivity (Wildman–Crippen MR) is 65.9 cm³/mol. The number of esters is 1. The van der Waals surface area contributed by atoms with E-state index in [0.29, 0.717) is 11.4 Å². The van der Waals surface area contributed by atoms with Crippen LogP contribution in [0.25, 0.3) is 0 Å². The molecule has 0 spiro atoms. The normalized spacial score (nSPS) is 10.0. The zero-order valence-electron chi connectivity index (χ0n) is 9.74. The van der Waals surface area contributed by atoms with Crippen molar-refractivity contribution in [2.24, 2.45) is 0 Å². The number of unbranched alkanes of at least 4 members (excludes halogenated alkanes) is 1. The van der Waals surface area contributed by atoms with Crippen molar-refractivity contribution in [1.82, 2.24) is 0 Å². The second-order valence-electron chi connectivity index (χ2n) is 3.75. The Hall–Kier alpha value is -1.35. The maximum absolute atomic E-state index is 10.8. The first-order chi connectivity index (χ1) is 8.13. The molecule has 3 nitrogen and oxygen atoms in total. The smallest absolute Gasteiger partial charge is 0.302 e. The minimum absolute atomic E-state index is 0.253. The maximum atomic E-state index is 10.8. The van der Waals surface area contributed by atoms with Gasteiger partial charge in [-0.05, 0) is 36.1 Å². The molecular weight excluding hydrogens is 240 g/mol. The van der Waals surface area contributed by atoms with E-state index in [0.717, 1.165) is 30.3 Å². The highest BCUT2D eigenvalue weighted by atomic mass is 35.5. The lowest BCUT2D eigenvalue weighted by atomic mass is 10.0. The van der Waals surface area contributed by atoms with Crippen molar-refractivity contribution in [3.05, 3.63) is 34.3 Å². The van der Waals surface area contributed by atoms with Gasteiger partial charge in [0.1, 0.15) is 12.9 Å². The Morgan fingerprint density at radius 1 is 1.41 bits per heavy atom. The average Bonchev–Trinajstić information content (AvgIpc) is 2.28. The SMILES string of the molecule is CC(=O)OCc1ccc(Cl)cc1CCCC=O. The van der Waals surface area contributed by atoms with Crippen LogP contribution in [-0.2, 0) is 27.4 Å². The van der Waals surface area contributed by atoms with Crippen molar-refractivity contribution >= 4 is 23.9 Å². The standard InChI is InChI=1S/C13H15ClO3/c1-10(16)17-9-12-5-6-13(14)8-11(12)4-2-3-7-15/h5-8H,2-4,9H2,1H3. The lowest BCUT2D eigenvalue weighted by Crippen LogP contribution is -2.02. The van der Waals surface area contributed by atoms with Crippen molar-refractivity contribution < 1.29 is 14.3 Å². The van der Waals surface area contributed by atoms with Gasteiger partial charge in [0.15, 0.2) is 0 Å². The molecule has 0 atom stereocenters. The quantitative estimate of drug-likeness (QED) is 0.445. The van der Waals surface area contributed by atoms with Gasteiger partial charge in [-0.3, -0.25) is 4.79 Å². The zero-order valence-corrected chi connectivity index (χ0v) is 10.5. The van der Waals surface area contributed by atoms with Crippen molar-refractivity contribution in [3.63, 3.8) is 0 Å². The van der Waals surface area contributed by atoms with Crippen molar-refractivity contribution in [2.75, 3.05) is 0 Å². The van der Waals surface area contributed by atoms with Gasteiger partial charge < -0.3 is 9.53 Å². The first-order valence-electron chi connectivity index (χ1n) is 5.47. The average molecular weight is 255 g/mol. The van der Waals surface area contributed by atoms with Gasteiger partial charge in [-0.2, -0.15) is 0 Å². The number of aryl methyl sites for hydroxylation is 1. The topological polar surface area (TPSA) is 43.4 Å². The van der Waals surface area contributed by atoms with Crippen molar-refractivity contribution in [3.8, 4) is 0 Å².